The number of H-pyrrole nitrogens is 1. The summed E-state index contributed by atoms with van der Waals surface area (Å²) in [7, 11) is 0. The zero-order valence-corrected chi connectivity index (χ0v) is 20.6. The third-order valence-corrected chi connectivity index (χ3v) is 6.96. The molecule has 0 saturated carbocycles. The molecule has 0 radical (unpaired) electrons. The number of pyridine rings is 1. The molecule has 2 heterocycles. The van der Waals surface area contributed by atoms with Crippen LogP contribution in [0.2, 0.25) is 0 Å². The average Bonchev–Trinajstić information content (AvgIpc) is 3.30. The first-order valence-corrected chi connectivity index (χ1v) is 12.3. The van der Waals surface area contributed by atoms with Gasteiger partial charge in [-0.25, -0.2) is 9.78 Å². The van der Waals surface area contributed by atoms with Crippen molar-refractivity contribution < 1.29 is 13.2 Å². The Morgan fingerprint density at radius 3 is 1.64 bits per heavy atom. The maximum atomic E-state index is 13.9. The highest BCUT2D eigenvalue weighted by Crippen LogP contribution is 2.41. The van der Waals surface area contributed by atoms with Gasteiger partial charge in [-0.15, -0.1) is 0 Å². The van der Waals surface area contributed by atoms with Crippen molar-refractivity contribution >= 4 is 11.2 Å². The van der Waals surface area contributed by atoms with E-state index < -0.39 is 23.0 Å². The van der Waals surface area contributed by atoms with Crippen LogP contribution in [0.25, 0.3) is 22.3 Å². The Hall–Kier alpha value is -4.91. The summed E-state index contributed by atoms with van der Waals surface area (Å²) >= 11 is 0. The molecule has 7 heteroatoms. The van der Waals surface area contributed by atoms with Crippen LogP contribution in [0.15, 0.2) is 132 Å². The molecule has 4 nitrogen and oxygen atoms in total. The van der Waals surface area contributed by atoms with E-state index in [2.05, 4.69) is 9.97 Å². The summed E-state index contributed by atoms with van der Waals surface area (Å²) in [5, 5.41) is 0. The Labute approximate surface area is 222 Å². The van der Waals surface area contributed by atoms with Gasteiger partial charge in [-0.05, 0) is 40.5 Å². The van der Waals surface area contributed by atoms with Gasteiger partial charge in [0.2, 0.25) is 0 Å². The van der Waals surface area contributed by atoms with E-state index in [1.807, 2.05) is 91.0 Å². The highest BCUT2D eigenvalue weighted by molar-refractivity contribution is 5.79. The lowest BCUT2D eigenvalue weighted by atomic mass is 9.76. The van der Waals surface area contributed by atoms with Crippen LogP contribution in [-0.2, 0) is 11.7 Å². The second kappa shape index (κ2) is 9.44. The van der Waals surface area contributed by atoms with Crippen molar-refractivity contribution in [2.45, 2.75) is 11.7 Å². The summed E-state index contributed by atoms with van der Waals surface area (Å²) in [5.41, 5.74) is 1.97. The van der Waals surface area contributed by atoms with Gasteiger partial charge in [-0.2, -0.15) is 13.2 Å². The number of aromatic amines is 1. The molecule has 4 aromatic carbocycles. The number of hydrogen-bond acceptors (Lipinski definition) is 2. The Kier molecular flexibility index (Phi) is 5.91. The van der Waals surface area contributed by atoms with Gasteiger partial charge < -0.3 is 4.98 Å². The standard InChI is InChI=1S/C32H22F3N3O/c33-32(34,35)27-18-10-11-22(19-27)23-20-28-29(36-21-23)38(30(39)37-28)31(24-12-4-1-5-13-24,25-14-6-2-7-15-25)26-16-8-3-9-17-26/h1-21H,(H,37,39). The van der Waals surface area contributed by atoms with Crippen molar-refractivity contribution in [1.29, 1.82) is 0 Å². The van der Waals surface area contributed by atoms with Crippen molar-refractivity contribution in [2.75, 3.05) is 0 Å². The minimum atomic E-state index is -4.47. The molecule has 0 aliphatic carbocycles. The third-order valence-electron chi connectivity index (χ3n) is 6.96. The topological polar surface area (TPSA) is 50.7 Å². The van der Waals surface area contributed by atoms with Gasteiger partial charge in [0.05, 0.1) is 11.1 Å². The number of nitrogens with one attached hydrogen (secondary N) is 1. The molecule has 39 heavy (non-hydrogen) atoms. The van der Waals surface area contributed by atoms with Crippen molar-refractivity contribution in [1.82, 2.24) is 14.5 Å². The lowest BCUT2D eigenvalue weighted by molar-refractivity contribution is -0.137. The minimum Gasteiger partial charge on any atom is -0.304 e. The summed E-state index contributed by atoms with van der Waals surface area (Å²) in [6.45, 7) is 0. The molecule has 0 amide bonds. The normalized spacial score (nSPS) is 12.1. The fraction of sp³-hybridized carbons (Fsp3) is 0.0625. The van der Waals surface area contributed by atoms with Crippen LogP contribution in [0.1, 0.15) is 22.3 Å². The fourth-order valence-corrected chi connectivity index (χ4v) is 5.26. The second-order valence-electron chi connectivity index (χ2n) is 9.25. The molecule has 6 rings (SSSR count). The van der Waals surface area contributed by atoms with Crippen LogP contribution in [-0.4, -0.2) is 14.5 Å². The van der Waals surface area contributed by atoms with Gasteiger partial charge in [0, 0.05) is 11.8 Å². The van der Waals surface area contributed by atoms with E-state index in [-0.39, 0.29) is 0 Å². The first-order chi connectivity index (χ1) is 18.9. The number of fused-ring (bicyclic) bond motifs is 1. The largest absolute Gasteiger partial charge is 0.416 e. The van der Waals surface area contributed by atoms with E-state index in [1.54, 1.807) is 16.7 Å². The summed E-state index contributed by atoms with van der Waals surface area (Å²) < 4.78 is 41.7. The zero-order chi connectivity index (χ0) is 27.0. The Balaban J connectivity index is 1.65. The molecular formula is C32H22F3N3O. The van der Waals surface area contributed by atoms with Crippen molar-refractivity contribution in [3.8, 4) is 11.1 Å². The lowest BCUT2D eigenvalue weighted by Gasteiger charge is -2.36. The van der Waals surface area contributed by atoms with Crippen LogP contribution in [0.3, 0.4) is 0 Å². The number of imidazole rings is 1. The number of rotatable bonds is 5. The maximum absolute atomic E-state index is 13.9. The van der Waals surface area contributed by atoms with Gasteiger partial charge in [0.15, 0.2) is 5.65 Å². The van der Waals surface area contributed by atoms with Gasteiger partial charge in [-0.3, -0.25) is 4.57 Å². The fourth-order valence-electron chi connectivity index (χ4n) is 5.26. The van der Waals surface area contributed by atoms with Crippen LogP contribution >= 0.6 is 0 Å². The monoisotopic (exact) mass is 521 g/mol. The molecule has 1 N–H and O–H groups in total. The average molecular weight is 522 g/mol. The summed E-state index contributed by atoms with van der Waals surface area (Å²) in [6.07, 6.45) is -2.96. The molecule has 0 aliphatic rings. The van der Waals surface area contributed by atoms with Crippen LogP contribution in [0.5, 0.6) is 0 Å². The molecule has 6 aromatic rings. The predicted molar refractivity (Wildman–Crippen MR) is 145 cm³/mol. The molecular weight excluding hydrogens is 499 g/mol. The zero-order valence-electron chi connectivity index (χ0n) is 20.6. The molecule has 0 spiro atoms. The van der Waals surface area contributed by atoms with Crippen molar-refractivity contribution in [3.63, 3.8) is 0 Å². The third kappa shape index (κ3) is 4.12. The molecule has 2 aromatic heterocycles. The minimum absolute atomic E-state index is 0.355. The molecule has 192 valence electrons. The number of hydrogen-bond donors (Lipinski definition) is 1. The highest BCUT2D eigenvalue weighted by Gasteiger charge is 2.41. The molecule has 0 atom stereocenters. The lowest BCUT2D eigenvalue weighted by Crippen LogP contribution is -2.43. The summed E-state index contributed by atoms with van der Waals surface area (Å²) in [4.78, 5) is 21.4. The second-order valence-corrected chi connectivity index (χ2v) is 9.25. The first kappa shape index (κ1) is 24.4. The van der Waals surface area contributed by atoms with E-state index in [0.29, 0.717) is 22.3 Å². The molecule has 0 unspecified atom stereocenters. The number of alkyl halides is 3. The van der Waals surface area contributed by atoms with Crippen LogP contribution in [0.4, 0.5) is 13.2 Å². The number of benzene rings is 4. The predicted octanol–water partition coefficient (Wildman–Crippen LogP) is 7.25. The SMILES string of the molecule is O=c1[nH]c2cc(-c3cccc(C(F)(F)F)c3)cnc2n1C(c1ccccc1)(c1ccccc1)c1ccccc1. The van der Waals surface area contributed by atoms with E-state index in [9.17, 15) is 18.0 Å². The van der Waals surface area contributed by atoms with Crippen molar-refractivity contribution in [3.05, 3.63) is 160 Å². The number of nitrogens with zero attached hydrogens (tertiary/aromatic N) is 2. The Morgan fingerprint density at radius 1 is 0.615 bits per heavy atom. The molecule has 0 bridgehead atoms. The number of aromatic nitrogens is 3. The van der Waals surface area contributed by atoms with E-state index in [4.69, 9.17) is 0 Å². The summed E-state index contributed by atoms with van der Waals surface area (Å²) in [5.74, 6) is 0. The smallest absolute Gasteiger partial charge is 0.304 e. The van der Waals surface area contributed by atoms with E-state index in [0.717, 1.165) is 28.8 Å². The van der Waals surface area contributed by atoms with Gasteiger partial charge in [0.1, 0.15) is 5.54 Å². The summed E-state index contributed by atoms with van der Waals surface area (Å²) in [6, 6.07) is 35.9. The van der Waals surface area contributed by atoms with Gasteiger partial charge >= 0.3 is 11.9 Å². The quantitative estimate of drug-likeness (QED) is 0.243. The van der Waals surface area contributed by atoms with Crippen molar-refractivity contribution in [2.24, 2.45) is 0 Å². The molecule has 0 saturated heterocycles. The van der Waals surface area contributed by atoms with Gasteiger partial charge in [-0.1, -0.05) is 103 Å². The molecule has 0 fully saturated rings. The Morgan fingerprint density at radius 2 is 1.13 bits per heavy atom. The maximum Gasteiger partial charge on any atom is 0.416 e. The van der Waals surface area contributed by atoms with E-state index >= 15 is 0 Å². The molecule has 0 aliphatic heterocycles. The van der Waals surface area contributed by atoms with Gasteiger partial charge in [0.25, 0.3) is 0 Å². The van der Waals surface area contributed by atoms with Crippen LogP contribution in [0, 0.1) is 0 Å². The number of halogens is 3. The van der Waals surface area contributed by atoms with E-state index in [1.165, 1.54) is 12.3 Å². The van der Waals surface area contributed by atoms with Crippen LogP contribution < -0.4 is 5.69 Å². The first-order valence-electron chi connectivity index (χ1n) is 12.3. The highest BCUT2D eigenvalue weighted by atomic mass is 19.4. The Bertz CT molecular complexity index is 1710.